The molecule has 4 N–H and O–H groups in total. The molecule has 0 unspecified atom stereocenters. The van der Waals surface area contributed by atoms with Gasteiger partial charge in [-0.3, -0.25) is 4.79 Å². The van der Waals surface area contributed by atoms with Crippen molar-refractivity contribution in [2.45, 2.75) is 0 Å². The molecule has 0 radical (unpaired) electrons. The largest absolute Gasteiger partial charge is 0.507 e. The molecule has 0 aliphatic rings. The molecule has 0 aliphatic heterocycles. The van der Waals surface area contributed by atoms with Crippen LogP contribution in [-0.4, -0.2) is 11.0 Å². The fourth-order valence-corrected chi connectivity index (χ4v) is 2.13. The summed E-state index contributed by atoms with van der Waals surface area (Å²) in [6, 6.07) is 11.3. The number of anilines is 2. The number of halogens is 1. The molecule has 2 aromatic carbocycles. The number of phenols is 1. The second-order valence-electron chi connectivity index (χ2n) is 4.03. The van der Waals surface area contributed by atoms with Gasteiger partial charge in [-0.2, -0.15) is 5.26 Å². The number of benzene rings is 2. The van der Waals surface area contributed by atoms with E-state index in [2.05, 4.69) is 5.32 Å². The average Bonchev–Trinajstić information content (AvgIpc) is 2.43. The maximum atomic E-state index is 12.1. The number of amides is 1. The maximum Gasteiger partial charge on any atom is 0.259 e. The molecule has 6 heteroatoms. The lowest BCUT2D eigenvalue weighted by Gasteiger charge is -2.09. The standard InChI is InChI=1S/C14H10IN3O2/c15-9-1-4-13(19)11(6-9)14(20)18-12-3-2-10(17)5-8(12)7-16/h1-6,19H,17H2,(H,18,20). The molecule has 0 fully saturated rings. The number of rotatable bonds is 2. The third-order valence-corrected chi connectivity index (χ3v) is 3.29. The lowest BCUT2D eigenvalue weighted by Crippen LogP contribution is -2.13. The second kappa shape index (κ2) is 5.79. The number of nitrogen functional groups attached to an aromatic ring is 1. The Hall–Kier alpha value is -2.27. The molecule has 20 heavy (non-hydrogen) atoms. The number of nitrogens with two attached hydrogens (primary N) is 1. The second-order valence-corrected chi connectivity index (χ2v) is 5.28. The van der Waals surface area contributed by atoms with Crippen LogP contribution in [-0.2, 0) is 0 Å². The highest BCUT2D eigenvalue weighted by atomic mass is 127. The predicted molar refractivity (Wildman–Crippen MR) is 84.3 cm³/mol. The van der Waals surface area contributed by atoms with Gasteiger partial charge in [-0.15, -0.1) is 0 Å². The van der Waals surface area contributed by atoms with Crippen molar-refractivity contribution in [3.8, 4) is 11.8 Å². The van der Waals surface area contributed by atoms with Gasteiger partial charge in [-0.25, -0.2) is 0 Å². The Kier molecular flexibility index (Phi) is 4.10. The summed E-state index contributed by atoms with van der Waals surface area (Å²) in [5, 5.41) is 21.3. The van der Waals surface area contributed by atoms with E-state index in [1.165, 1.54) is 12.1 Å². The van der Waals surface area contributed by atoms with Crippen LogP contribution < -0.4 is 11.1 Å². The molecule has 5 nitrogen and oxygen atoms in total. The van der Waals surface area contributed by atoms with Crippen LogP contribution in [0.15, 0.2) is 36.4 Å². The summed E-state index contributed by atoms with van der Waals surface area (Å²) in [7, 11) is 0. The first kappa shape index (κ1) is 14.1. The molecular weight excluding hydrogens is 369 g/mol. The zero-order valence-electron chi connectivity index (χ0n) is 10.2. The highest BCUT2D eigenvalue weighted by molar-refractivity contribution is 14.1. The number of aromatic hydroxyl groups is 1. The van der Waals surface area contributed by atoms with Gasteiger partial charge in [-0.1, -0.05) is 0 Å². The fourth-order valence-electron chi connectivity index (χ4n) is 1.64. The molecule has 0 aromatic heterocycles. The fraction of sp³-hybridized carbons (Fsp3) is 0. The Morgan fingerprint density at radius 3 is 2.75 bits per heavy atom. The first-order valence-electron chi connectivity index (χ1n) is 5.61. The summed E-state index contributed by atoms with van der Waals surface area (Å²) in [6.45, 7) is 0. The van der Waals surface area contributed by atoms with Gasteiger partial charge >= 0.3 is 0 Å². The van der Waals surface area contributed by atoms with Crippen LogP contribution in [0.2, 0.25) is 0 Å². The lowest BCUT2D eigenvalue weighted by molar-refractivity contribution is 0.102. The van der Waals surface area contributed by atoms with Crippen molar-refractivity contribution in [3.63, 3.8) is 0 Å². The average molecular weight is 379 g/mol. The van der Waals surface area contributed by atoms with Crippen LogP contribution in [0, 0.1) is 14.9 Å². The Bertz CT molecular complexity index is 723. The third-order valence-electron chi connectivity index (χ3n) is 2.62. The van der Waals surface area contributed by atoms with Crippen molar-refractivity contribution in [2.75, 3.05) is 11.1 Å². The van der Waals surface area contributed by atoms with E-state index in [9.17, 15) is 9.90 Å². The Balaban J connectivity index is 2.33. The van der Waals surface area contributed by atoms with Crippen molar-refractivity contribution < 1.29 is 9.90 Å². The maximum absolute atomic E-state index is 12.1. The van der Waals surface area contributed by atoms with E-state index >= 15 is 0 Å². The Morgan fingerprint density at radius 1 is 1.30 bits per heavy atom. The van der Waals surface area contributed by atoms with E-state index in [-0.39, 0.29) is 16.9 Å². The molecule has 1 amide bonds. The number of nitriles is 1. The van der Waals surface area contributed by atoms with Crippen LogP contribution in [0.4, 0.5) is 11.4 Å². The van der Waals surface area contributed by atoms with Gasteiger partial charge < -0.3 is 16.2 Å². The highest BCUT2D eigenvalue weighted by Gasteiger charge is 2.13. The minimum Gasteiger partial charge on any atom is -0.507 e. The molecule has 0 saturated heterocycles. The first-order chi connectivity index (χ1) is 9.51. The van der Waals surface area contributed by atoms with E-state index in [1.54, 1.807) is 24.3 Å². The zero-order valence-corrected chi connectivity index (χ0v) is 12.4. The molecule has 0 bridgehead atoms. The highest BCUT2D eigenvalue weighted by Crippen LogP contribution is 2.23. The molecule has 0 spiro atoms. The normalized spacial score (nSPS) is 9.80. The molecular formula is C14H10IN3O2. The summed E-state index contributed by atoms with van der Waals surface area (Å²) in [6.07, 6.45) is 0. The number of carbonyl (C=O) groups is 1. The summed E-state index contributed by atoms with van der Waals surface area (Å²) in [5.74, 6) is -0.598. The minimum atomic E-state index is -0.484. The molecule has 0 aliphatic carbocycles. The molecule has 0 atom stereocenters. The zero-order chi connectivity index (χ0) is 14.7. The van der Waals surface area contributed by atoms with Gasteiger partial charge in [-0.05, 0) is 59.0 Å². The van der Waals surface area contributed by atoms with Gasteiger partial charge in [0, 0.05) is 9.26 Å². The number of hydrogen-bond acceptors (Lipinski definition) is 4. The van der Waals surface area contributed by atoms with Gasteiger partial charge in [0.15, 0.2) is 0 Å². The van der Waals surface area contributed by atoms with Crippen LogP contribution >= 0.6 is 22.6 Å². The van der Waals surface area contributed by atoms with E-state index in [4.69, 9.17) is 11.0 Å². The SMILES string of the molecule is N#Cc1cc(N)ccc1NC(=O)c1cc(I)ccc1O. The summed E-state index contributed by atoms with van der Waals surface area (Å²) in [4.78, 5) is 12.1. The van der Waals surface area contributed by atoms with Crippen LogP contribution in [0.3, 0.4) is 0 Å². The lowest BCUT2D eigenvalue weighted by atomic mass is 10.1. The van der Waals surface area contributed by atoms with Crippen molar-refractivity contribution in [1.82, 2.24) is 0 Å². The van der Waals surface area contributed by atoms with Crippen molar-refractivity contribution in [3.05, 3.63) is 51.1 Å². The smallest absolute Gasteiger partial charge is 0.259 e. The van der Waals surface area contributed by atoms with Crippen LogP contribution in [0.1, 0.15) is 15.9 Å². The monoisotopic (exact) mass is 379 g/mol. The van der Waals surface area contributed by atoms with Crippen LogP contribution in [0.25, 0.3) is 0 Å². The number of nitrogens with zero attached hydrogens (tertiary/aromatic N) is 1. The summed E-state index contributed by atoms with van der Waals surface area (Å²) >= 11 is 2.04. The quantitative estimate of drug-likeness (QED) is 0.552. The van der Waals surface area contributed by atoms with Crippen LogP contribution in [0.5, 0.6) is 5.75 Å². The number of nitrogens with one attached hydrogen (secondary N) is 1. The predicted octanol–water partition coefficient (Wildman–Crippen LogP) is 2.70. The number of phenolic OH excluding ortho intramolecular Hbond substituents is 1. The first-order valence-corrected chi connectivity index (χ1v) is 6.68. The van der Waals surface area contributed by atoms with E-state index in [1.807, 2.05) is 28.7 Å². The van der Waals surface area contributed by atoms with Gasteiger partial charge in [0.05, 0.1) is 16.8 Å². The molecule has 100 valence electrons. The topological polar surface area (TPSA) is 99.1 Å². The summed E-state index contributed by atoms with van der Waals surface area (Å²) < 4.78 is 0.823. The van der Waals surface area contributed by atoms with E-state index < -0.39 is 5.91 Å². The van der Waals surface area contributed by atoms with E-state index in [0.717, 1.165) is 3.57 Å². The molecule has 0 saturated carbocycles. The summed E-state index contributed by atoms with van der Waals surface area (Å²) in [5.41, 5.74) is 6.79. The Labute approximate surface area is 129 Å². The molecule has 0 heterocycles. The Morgan fingerprint density at radius 2 is 2.05 bits per heavy atom. The molecule has 2 aromatic rings. The van der Waals surface area contributed by atoms with Crippen molar-refractivity contribution >= 4 is 39.9 Å². The number of hydrogen-bond donors (Lipinski definition) is 3. The van der Waals surface area contributed by atoms with Crippen molar-refractivity contribution in [2.24, 2.45) is 0 Å². The van der Waals surface area contributed by atoms with E-state index in [0.29, 0.717) is 11.4 Å². The van der Waals surface area contributed by atoms with Gasteiger partial charge in [0.2, 0.25) is 0 Å². The molecule has 2 rings (SSSR count). The number of carbonyl (C=O) groups excluding carboxylic acids is 1. The van der Waals surface area contributed by atoms with Gasteiger partial charge in [0.1, 0.15) is 11.8 Å². The van der Waals surface area contributed by atoms with Crippen molar-refractivity contribution in [1.29, 1.82) is 5.26 Å². The third kappa shape index (κ3) is 3.00. The minimum absolute atomic E-state index is 0.114. The van der Waals surface area contributed by atoms with Gasteiger partial charge in [0.25, 0.3) is 5.91 Å².